The van der Waals surface area contributed by atoms with E-state index in [9.17, 15) is 13.2 Å². The molecule has 0 aromatic heterocycles. The molecule has 0 saturated carbocycles. The number of aryl methyl sites for hydroxylation is 1. The van der Waals surface area contributed by atoms with Crippen molar-refractivity contribution in [1.29, 1.82) is 0 Å². The van der Waals surface area contributed by atoms with E-state index in [1.165, 1.54) is 9.37 Å². The lowest BCUT2D eigenvalue weighted by Crippen LogP contribution is -2.40. The minimum absolute atomic E-state index is 0.0653. The van der Waals surface area contributed by atoms with Gasteiger partial charge in [-0.3, -0.25) is 4.84 Å². The van der Waals surface area contributed by atoms with Crippen molar-refractivity contribution >= 4 is 16.1 Å². The molecule has 28 heavy (non-hydrogen) atoms. The predicted octanol–water partition coefficient (Wildman–Crippen LogP) is 2.57. The minimum Gasteiger partial charge on any atom is -0.443 e. The lowest BCUT2D eigenvalue weighted by atomic mass is 10.1. The third kappa shape index (κ3) is 3.63. The van der Waals surface area contributed by atoms with Gasteiger partial charge in [-0.25, -0.2) is 13.2 Å². The van der Waals surface area contributed by atoms with Gasteiger partial charge in [0.1, 0.15) is 6.61 Å². The van der Waals surface area contributed by atoms with Crippen LogP contribution in [0.25, 0.3) is 0 Å². The molecule has 2 aliphatic heterocycles. The van der Waals surface area contributed by atoms with E-state index in [2.05, 4.69) is 0 Å². The van der Waals surface area contributed by atoms with Crippen LogP contribution in [0.15, 0.2) is 59.5 Å². The molecular formula is C20H22N2O5S. The fourth-order valence-corrected chi connectivity index (χ4v) is 5.06. The summed E-state index contributed by atoms with van der Waals surface area (Å²) in [7, 11) is -3.60. The number of sulfonamides is 1. The summed E-state index contributed by atoms with van der Waals surface area (Å²) < 4.78 is 32.6. The monoisotopic (exact) mass is 402 g/mol. The summed E-state index contributed by atoms with van der Waals surface area (Å²) in [6.07, 6.45) is -0.592. The van der Waals surface area contributed by atoms with Gasteiger partial charge >= 0.3 is 6.09 Å². The Labute approximate surface area is 164 Å². The molecule has 0 N–H and O–H groups in total. The van der Waals surface area contributed by atoms with Crippen molar-refractivity contribution in [2.45, 2.75) is 24.5 Å². The summed E-state index contributed by atoms with van der Waals surface area (Å²) in [5.74, 6) is -0.0653. The van der Waals surface area contributed by atoms with Gasteiger partial charge in [-0.2, -0.15) is 9.37 Å². The van der Waals surface area contributed by atoms with Crippen molar-refractivity contribution in [3.63, 3.8) is 0 Å². The molecular weight excluding hydrogens is 380 g/mol. The number of fused-ring (bicyclic) bond motifs is 1. The number of rotatable bonds is 4. The van der Waals surface area contributed by atoms with E-state index < -0.39 is 16.1 Å². The molecule has 0 aliphatic carbocycles. The van der Waals surface area contributed by atoms with Crippen molar-refractivity contribution in [1.82, 2.24) is 9.37 Å². The Morgan fingerprint density at radius 3 is 2.54 bits per heavy atom. The Balaban J connectivity index is 1.42. The van der Waals surface area contributed by atoms with E-state index in [1.54, 1.807) is 24.3 Å². The Morgan fingerprint density at radius 1 is 1.11 bits per heavy atom. The number of hydrogen-bond acceptors (Lipinski definition) is 5. The number of benzene rings is 2. The number of carbonyl (C=O) groups excluding carboxylic acids is 1. The van der Waals surface area contributed by atoms with Gasteiger partial charge < -0.3 is 4.74 Å². The Kier molecular flexibility index (Phi) is 5.09. The number of hydrogen-bond donors (Lipinski definition) is 0. The highest BCUT2D eigenvalue weighted by atomic mass is 32.2. The molecule has 4 rings (SSSR count). The first-order valence-corrected chi connectivity index (χ1v) is 10.6. The lowest BCUT2D eigenvalue weighted by Gasteiger charge is -2.22. The highest BCUT2D eigenvalue weighted by Crippen LogP contribution is 2.33. The lowest BCUT2D eigenvalue weighted by molar-refractivity contribution is -0.113. The Bertz CT molecular complexity index is 946. The highest BCUT2D eigenvalue weighted by Gasteiger charge is 2.49. The van der Waals surface area contributed by atoms with E-state index in [0.717, 1.165) is 11.1 Å². The van der Waals surface area contributed by atoms with Gasteiger partial charge in [0.25, 0.3) is 0 Å². The van der Waals surface area contributed by atoms with Crippen LogP contribution in [0.2, 0.25) is 0 Å². The molecule has 2 fully saturated rings. The fourth-order valence-electron chi connectivity index (χ4n) is 3.54. The summed E-state index contributed by atoms with van der Waals surface area (Å²) in [6, 6.07) is 15.8. The molecule has 0 spiro atoms. The molecule has 1 amide bonds. The molecule has 2 saturated heterocycles. The molecule has 2 aliphatic rings. The summed E-state index contributed by atoms with van der Waals surface area (Å²) >= 11 is 0. The molecule has 2 aromatic rings. The van der Waals surface area contributed by atoms with Crippen molar-refractivity contribution in [2.24, 2.45) is 5.92 Å². The van der Waals surface area contributed by atoms with Crippen LogP contribution >= 0.6 is 0 Å². The number of nitrogens with zero attached hydrogens (tertiary/aromatic N) is 2. The van der Waals surface area contributed by atoms with E-state index in [0.29, 0.717) is 13.2 Å². The maximum absolute atomic E-state index is 12.9. The normalized spacial score (nSPS) is 22.2. The van der Waals surface area contributed by atoms with Gasteiger partial charge in [0.05, 0.1) is 17.5 Å². The van der Waals surface area contributed by atoms with Crippen molar-refractivity contribution in [3.8, 4) is 0 Å². The number of ether oxygens (including phenoxy) is 1. The van der Waals surface area contributed by atoms with Crippen LogP contribution in [-0.4, -0.2) is 49.6 Å². The Hall–Kier alpha value is -2.42. The maximum Gasteiger partial charge on any atom is 0.434 e. The first-order valence-electron chi connectivity index (χ1n) is 9.15. The maximum atomic E-state index is 12.9. The smallest absolute Gasteiger partial charge is 0.434 e. The molecule has 2 aromatic carbocycles. The second-order valence-corrected chi connectivity index (χ2v) is 9.06. The largest absolute Gasteiger partial charge is 0.443 e. The molecule has 148 valence electrons. The van der Waals surface area contributed by atoms with E-state index in [1.807, 2.05) is 37.3 Å². The standard InChI is InChI=1S/C20H22N2O5S/c1-15-7-9-18(10-8-15)28(24,25)21-11-17-14-27-22(19(17)12-21)20(23)26-13-16-5-3-2-4-6-16/h2-10,17,19H,11-14H2,1H3/t17-,19-/m0/s1. The summed E-state index contributed by atoms with van der Waals surface area (Å²) in [6.45, 7) is 2.87. The third-order valence-corrected chi connectivity index (χ3v) is 6.99. The molecule has 7 nitrogen and oxygen atoms in total. The van der Waals surface area contributed by atoms with Crippen molar-refractivity contribution in [2.75, 3.05) is 19.7 Å². The zero-order valence-corrected chi connectivity index (χ0v) is 16.3. The molecule has 2 atom stereocenters. The molecule has 0 unspecified atom stereocenters. The number of amides is 1. The average Bonchev–Trinajstić information content (AvgIpc) is 3.28. The SMILES string of the molecule is Cc1ccc(S(=O)(=O)N2C[C@H]3CON(C(=O)OCc4ccccc4)[C@H]3C2)cc1. The predicted molar refractivity (Wildman–Crippen MR) is 102 cm³/mol. The third-order valence-electron chi connectivity index (χ3n) is 5.15. The first-order chi connectivity index (χ1) is 13.4. The van der Waals surface area contributed by atoms with Gasteiger partial charge in [-0.1, -0.05) is 48.0 Å². The van der Waals surface area contributed by atoms with Gasteiger partial charge in [-0.05, 0) is 24.6 Å². The van der Waals surface area contributed by atoms with Gasteiger partial charge in [0.2, 0.25) is 10.0 Å². The summed E-state index contributed by atoms with van der Waals surface area (Å²) in [5, 5.41) is 1.19. The minimum atomic E-state index is -3.60. The molecule has 2 heterocycles. The van der Waals surface area contributed by atoms with Crippen LogP contribution < -0.4 is 0 Å². The van der Waals surface area contributed by atoms with E-state index >= 15 is 0 Å². The van der Waals surface area contributed by atoms with Gasteiger partial charge in [0.15, 0.2) is 0 Å². The van der Waals surface area contributed by atoms with Crippen LogP contribution in [0.1, 0.15) is 11.1 Å². The topological polar surface area (TPSA) is 76.2 Å². The highest BCUT2D eigenvalue weighted by molar-refractivity contribution is 7.89. The average molecular weight is 402 g/mol. The second kappa shape index (κ2) is 7.54. The first kappa shape index (κ1) is 18.9. The number of carbonyl (C=O) groups is 1. The van der Waals surface area contributed by atoms with Crippen LogP contribution in [0.3, 0.4) is 0 Å². The second-order valence-electron chi connectivity index (χ2n) is 7.12. The van der Waals surface area contributed by atoms with Crippen LogP contribution in [0.5, 0.6) is 0 Å². The quantitative estimate of drug-likeness (QED) is 0.786. The molecule has 0 bridgehead atoms. The summed E-state index contributed by atoms with van der Waals surface area (Å²) in [4.78, 5) is 18.2. The van der Waals surface area contributed by atoms with Crippen LogP contribution in [0.4, 0.5) is 4.79 Å². The molecule has 0 radical (unpaired) electrons. The van der Waals surface area contributed by atoms with E-state index in [-0.39, 0.29) is 30.0 Å². The zero-order valence-electron chi connectivity index (χ0n) is 15.5. The van der Waals surface area contributed by atoms with Gasteiger partial charge in [0, 0.05) is 19.0 Å². The summed E-state index contributed by atoms with van der Waals surface area (Å²) in [5.41, 5.74) is 1.87. The number of hydroxylamine groups is 2. The zero-order chi connectivity index (χ0) is 19.7. The van der Waals surface area contributed by atoms with Crippen molar-refractivity contribution < 1.29 is 22.8 Å². The Morgan fingerprint density at radius 2 is 1.82 bits per heavy atom. The van der Waals surface area contributed by atoms with Crippen LogP contribution in [-0.2, 0) is 26.2 Å². The van der Waals surface area contributed by atoms with Crippen LogP contribution in [0, 0.1) is 12.8 Å². The van der Waals surface area contributed by atoms with Crippen molar-refractivity contribution in [3.05, 3.63) is 65.7 Å². The fraction of sp³-hybridized carbons (Fsp3) is 0.350. The van der Waals surface area contributed by atoms with Gasteiger partial charge in [-0.15, -0.1) is 0 Å². The van der Waals surface area contributed by atoms with E-state index in [4.69, 9.17) is 9.57 Å². The molecule has 8 heteroatoms.